The third kappa shape index (κ3) is 3.32. The van der Waals surface area contributed by atoms with E-state index in [1.165, 1.54) is 23.1 Å². The molecule has 0 N–H and O–H groups in total. The number of hydrogen-bond acceptors (Lipinski definition) is 5. The largest absolute Gasteiger partial charge is 0.276 e. The van der Waals surface area contributed by atoms with Gasteiger partial charge in [0.25, 0.3) is 10.0 Å². The average Bonchev–Trinajstić information content (AvgIpc) is 3.32. The number of aryl methyl sites for hydroxylation is 1. The Balaban J connectivity index is 1.49. The lowest BCUT2D eigenvalue weighted by Gasteiger charge is -2.30. The summed E-state index contributed by atoms with van der Waals surface area (Å²) in [5.41, 5.74) is 2.13. The fraction of sp³-hybridized carbons (Fsp3) is 0.333. The van der Waals surface area contributed by atoms with Gasteiger partial charge in [0.1, 0.15) is 5.01 Å². The molecule has 1 saturated heterocycles. The van der Waals surface area contributed by atoms with E-state index in [-0.39, 0.29) is 0 Å². The van der Waals surface area contributed by atoms with Crippen molar-refractivity contribution in [2.24, 2.45) is 7.05 Å². The van der Waals surface area contributed by atoms with E-state index in [9.17, 15) is 8.42 Å². The SMILES string of the molecule is Cn1cc(C2CCN(S(=O)(=O)c3cnc(-c4ccccc4)s3)CC2)cn1. The van der Waals surface area contributed by atoms with E-state index in [4.69, 9.17) is 0 Å². The molecule has 2 aromatic heterocycles. The summed E-state index contributed by atoms with van der Waals surface area (Å²) < 4.78 is 29.6. The van der Waals surface area contributed by atoms with Crippen molar-refractivity contribution in [3.63, 3.8) is 0 Å². The van der Waals surface area contributed by atoms with Crippen LogP contribution in [0.2, 0.25) is 0 Å². The fourth-order valence-electron chi connectivity index (χ4n) is 3.30. The maximum Gasteiger partial charge on any atom is 0.254 e. The van der Waals surface area contributed by atoms with Crippen molar-refractivity contribution < 1.29 is 8.42 Å². The molecule has 0 aliphatic carbocycles. The van der Waals surface area contributed by atoms with Crippen LogP contribution in [-0.4, -0.2) is 40.6 Å². The summed E-state index contributed by atoms with van der Waals surface area (Å²) in [6.07, 6.45) is 7.01. The lowest BCUT2D eigenvalue weighted by Crippen LogP contribution is -2.37. The minimum absolute atomic E-state index is 0.316. The number of thiazole rings is 1. The predicted molar refractivity (Wildman–Crippen MR) is 101 cm³/mol. The lowest BCUT2D eigenvalue weighted by atomic mass is 9.93. The van der Waals surface area contributed by atoms with Crippen molar-refractivity contribution in [2.45, 2.75) is 23.0 Å². The molecule has 136 valence electrons. The third-order valence-corrected chi connectivity index (χ3v) is 8.13. The highest BCUT2D eigenvalue weighted by Crippen LogP contribution is 2.33. The quantitative estimate of drug-likeness (QED) is 0.689. The first-order chi connectivity index (χ1) is 12.5. The molecule has 8 heteroatoms. The lowest BCUT2D eigenvalue weighted by molar-refractivity contribution is 0.320. The van der Waals surface area contributed by atoms with Gasteiger partial charge in [-0.3, -0.25) is 4.68 Å². The summed E-state index contributed by atoms with van der Waals surface area (Å²) in [6.45, 7) is 1.06. The van der Waals surface area contributed by atoms with Crippen LogP contribution in [0.1, 0.15) is 24.3 Å². The Hall–Kier alpha value is -2.03. The Morgan fingerprint density at radius 3 is 2.50 bits per heavy atom. The van der Waals surface area contributed by atoms with Gasteiger partial charge in [-0.25, -0.2) is 13.4 Å². The van der Waals surface area contributed by atoms with Gasteiger partial charge in [-0.05, 0) is 24.3 Å². The zero-order valence-corrected chi connectivity index (χ0v) is 16.1. The predicted octanol–water partition coefficient (Wildman–Crippen LogP) is 3.11. The van der Waals surface area contributed by atoms with Crippen molar-refractivity contribution in [1.82, 2.24) is 19.1 Å². The van der Waals surface area contributed by atoms with Crippen LogP contribution in [-0.2, 0) is 17.1 Å². The van der Waals surface area contributed by atoms with Crippen molar-refractivity contribution in [3.8, 4) is 10.6 Å². The summed E-state index contributed by atoms with van der Waals surface area (Å²) in [5, 5.41) is 4.95. The number of piperidine rings is 1. The molecule has 6 nitrogen and oxygen atoms in total. The van der Waals surface area contributed by atoms with E-state index in [1.54, 1.807) is 8.99 Å². The molecule has 3 aromatic rings. The van der Waals surface area contributed by atoms with Gasteiger partial charge in [-0.15, -0.1) is 11.3 Å². The second-order valence-corrected chi connectivity index (χ2v) is 9.67. The highest BCUT2D eigenvalue weighted by Gasteiger charge is 2.31. The maximum atomic E-state index is 13.0. The van der Waals surface area contributed by atoms with Crippen molar-refractivity contribution in [2.75, 3.05) is 13.1 Å². The molecular weight excluding hydrogens is 368 g/mol. The smallest absolute Gasteiger partial charge is 0.254 e. The van der Waals surface area contributed by atoms with Crippen molar-refractivity contribution >= 4 is 21.4 Å². The Morgan fingerprint density at radius 2 is 1.85 bits per heavy atom. The van der Waals surface area contributed by atoms with Crippen LogP contribution in [0.4, 0.5) is 0 Å². The molecular formula is C18H20N4O2S2. The molecule has 3 heterocycles. The van der Waals surface area contributed by atoms with Gasteiger partial charge in [-0.1, -0.05) is 30.3 Å². The zero-order chi connectivity index (χ0) is 18.1. The Bertz CT molecular complexity index is 987. The molecule has 0 amide bonds. The summed E-state index contributed by atoms with van der Waals surface area (Å²) >= 11 is 1.23. The molecule has 0 radical (unpaired) electrons. The molecule has 1 fully saturated rings. The van der Waals surface area contributed by atoms with E-state index >= 15 is 0 Å². The molecule has 0 saturated carbocycles. The number of rotatable bonds is 4. The molecule has 0 atom stereocenters. The summed E-state index contributed by atoms with van der Waals surface area (Å²) in [7, 11) is -1.58. The highest BCUT2D eigenvalue weighted by atomic mass is 32.2. The van der Waals surface area contributed by atoms with Crippen LogP contribution in [0, 0.1) is 0 Å². The van der Waals surface area contributed by atoms with Crippen LogP contribution < -0.4 is 0 Å². The van der Waals surface area contributed by atoms with Gasteiger partial charge < -0.3 is 0 Å². The second kappa shape index (κ2) is 6.94. The normalized spacial score (nSPS) is 16.8. The van der Waals surface area contributed by atoms with Crippen molar-refractivity contribution in [1.29, 1.82) is 0 Å². The van der Waals surface area contributed by atoms with E-state index in [1.807, 2.05) is 49.8 Å². The summed E-state index contributed by atoms with van der Waals surface area (Å²) in [5.74, 6) is 0.372. The molecule has 0 unspecified atom stereocenters. The third-order valence-electron chi connectivity index (χ3n) is 4.75. The van der Waals surface area contributed by atoms with Crippen LogP contribution >= 0.6 is 11.3 Å². The van der Waals surface area contributed by atoms with Crippen LogP contribution in [0.25, 0.3) is 10.6 Å². The molecule has 1 aliphatic rings. The number of sulfonamides is 1. The number of aromatic nitrogens is 3. The van der Waals surface area contributed by atoms with Gasteiger partial charge in [0, 0.05) is 31.9 Å². The Morgan fingerprint density at radius 1 is 1.12 bits per heavy atom. The van der Waals surface area contributed by atoms with Gasteiger partial charge in [0.15, 0.2) is 4.21 Å². The fourth-order valence-corrected chi connectivity index (χ4v) is 6.06. The maximum absolute atomic E-state index is 13.0. The first-order valence-electron chi connectivity index (χ1n) is 8.54. The topological polar surface area (TPSA) is 68.1 Å². The average molecular weight is 389 g/mol. The first kappa shape index (κ1) is 17.4. The van der Waals surface area contributed by atoms with Crippen LogP contribution in [0.15, 0.2) is 53.1 Å². The van der Waals surface area contributed by atoms with Gasteiger partial charge in [0.2, 0.25) is 0 Å². The van der Waals surface area contributed by atoms with Crippen molar-refractivity contribution in [3.05, 3.63) is 54.5 Å². The molecule has 26 heavy (non-hydrogen) atoms. The van der Waals surface area contributed by atoms with E-state index in [0.717, 1.165) is 23.4 Å². The van der Waals surface area contributed by atoms with Crippen LogP contribution in [0.3, 0.4) is 0 Å². The summed E-state index contributed by atoms with van der Waals surface area (Å²) in [6, 6.07) is 9.66. The molecule has 1 aliphatic heterocycles. The Kier molecular flexibility index (Phi) is 4.64. The minimum atomic E-state index is -3.48. The van der Waals surface area contributed by atoms with E-state index in [2.05, 4.69) is 10.1 Å². The first-order valence-corrected chi connectivity index (χ1v) is 10.8. The zero-order valence-electron chi connectivity index (χ0n) is 14.4. The second-order valence-electron chi connectivity index (χ2n) is 6.48. The molecule has 0 bridgehead atoms. The number of benzene rings is 1. The number of nitrogens with zero attached hydrogens (tertiary/aromatic N) is 4. The molecule has 1 aromatic carbocycles. The van der Waals surface area contributed by atoms with Gasteiger partial charge >= 0.3 is 0 Å². The molecule has 0 spiro atoms. The standard InChI is InChI=1S/C18H20N4O2S2/c1-21-13-16(11-20-21)14-7-9-22(10-8-14)26(23,24)17-12-19-18(25-17)15-5-3-2-4-6-15/h2-6,11-14H,7-10H2,1H3. The van der Waals surface area contributed by atoms with Gasteiger partial charge in [0.05, 0.1) is 12.4 Å². The van der Waals surface area contributed by atoms with Gasteiger partial charge in [-0.2, -0.15) is 9.40 Å². The number of hydrogen-bond donors (Lipinski definition) is 0. The highest BCUT2D eigenvalue weighted by molar-refractivity contribution is 7.91. The van der Waals surface area contributed by atoms with E-state index < -0.39 is 10.0 Å². The summed E-state index contributed by atoms with van der Waals surface area (Å²) in [4.78, 5) is 4.31. The Labute approximate surface area is 157 Å². The van der Waals surface area contributed by atoms with E-state index in [0.29, 0.717) is 23.2 Å². The molecule has 4 rings (SSSR count). The minimum Gasteiger partial charge on any atom is -0.276 e. The van der Waals surface area contributed by atoms with Crippen LogP contribution in [0.5, 0.6) is 0 Å². The monoisotopic (exact) mass is 388 g/mol.